The molecule has 1 amide bonds. The second-order valence-corrected chi connectivity index (χ2v) is 6.18. The second kappa shape index (κ2) is 7.96. The maximum Gasteiger partial charge on any atom is 0.266 e. The van der Waals surface area contributed by atoms with Crippen LogP contribution in [0.4, 0.5) is 0 Å². The quantitative estimate of drug-likeness (QED) is 0.800. The van der Waals surface area contributed by atoms with Crippen molar-refractivity contribution in [1.82, 2.24) is 15.1 Å². The molecular weight excluding hydrogens is 318 g/mol. The van der Waals surface area contributed by atoms with E-state index in [9.17, 15) is 9.59 Å². The van der Waals surface area contributed by atoms with Crippen molar-refractivity contribution >= 4 is 5.91 Å². The fraction of sp³-hybridized carbons (Fsp3) is 0.421. The molecule has 0 unspecified atom stereocenters. The molecule has 2 aromatic rings. The number of amides is 1. The predicted molar refractivity (Wildman–Crippen MR) is 95.5 cm³/mol. The molecule has 0 aliphatic heterocycles. The minimum absolute atomic E-state index is 0.0539. The van der Waals surface area contributed by atoms with Gasteiger partial charge in [-0.05, 0) is 56.5 Å². The number of hydrogen-bond donors (Lipinski definition) is 1. The smallest absolute Gasteiger partial charge is 0.266 e. The highest BCUT2D eigenvalue weighted by molar-refractivity contribution is 5.76. The number of nitrogens with zero attached hydrogens (tertiary/aromatic N) is 2. The van der Waals surface area contributed by atoms with Gasteiger partial charge in [0.15, 0.2) is 0 Å². The van der Waals surface area contributed by atoms with Gasteiger partial charge in [-0.2, -0.15) is 5.10 Å². The fourth-order valence-electron chi connectivity index (χ4n) is 2.57. The number of benzene rings is 1. The van der Waals surface area contributed by atoms with Crippen LogP contribution in [0.15, 0.2) is 41.2 Å². The number of aryl methyl sites for hydroxylation is 1. The Morgan fingerprint density at radius 1 is 1.24 bits per heavy atom. The predicted octanol–water partition coefficient (Wildman–Crippen LogP) is 2.37. The molecule has 132 valence electrons. The van der Waals surface area contributed by atoms with Crippen LogP contribution in [-0.4, -0.2) is 28.3 Å². The Kier molecular flexibility index (Phi) is 5.48. The summed E-state index contributed by atoms with van der Waals surface area (Å²) in [6, 6.07) is 11.2. The normalized spacial score (nSPS) is 13.5. The molecule has 0 saturated heterocycles. The van der Waals surface area contributed by atoms with E-state index < -0.39 is 0 Å². The van der Waals surface area contributed by atoms with E-state index in [2.05, 4.69) is 10.4 Å². The van der Waals surface area contributed by atoms with Crippen molar-refractivity contribution in [3.8, 4) is 17.0 Å². The number of ether oxygens (including phenoxy) is 1. The van der Waals surface area contributed by atoms with Crippen LogP contribution in [0.1, 0.15) is 32.6 Å². The van der Waals surface area contributed by atoms with Crippen molar-refractivity contribution in [1.29, 1.82) is 0 Å². The summed E-state index contributed by atoms with van der Waals surface area (Å²) >= 11 is 0. The van der Waals surface area contributed by atoms with Gasteiger partial charge in [0, 0.05) is 30.6 Å². The van der Waals surface area contributed by atoms with Crippen LogP contribution in [0, 0.1) is 0 Å². The summed E-state index contributed by atoms with van der Waals surface area (Å²) in [4.78, 5) is 23.7. The number of carbonyl (C=O) groups is 1. The van der Waals surface area contributed by atoms with Gasteiger partial charge in [0.05, 0.1) is 12.3 Å². The first kappa shape index (κ1) is 17.2. The largest absolute Gasteiger partial charge is 0.494 e. The first-order chi connectivity index (χ1) is 12.2. The van der Waals surface area contributed by atoms with Crippen LogP contribution in [0.3, 0.4) is 0 Å². The molecule has 1 aromatic carbocycles. The zero-order chi connectivity index (χ0) is 17.6. The van der Waals surface area contributed by atoms with Gasteiger partial charge in [0.2, 0.25) is 5.91 Å². The first-order valence-corrected chi connectivity index (χ1v) is 8.76. The molecule has 0 radical (unpaired) electrons. The highest BCUT2D eigenvalue weighted by atomic mass is 16.5. The van der Waals surface area contributed by atoms with E-state index in [1.54, 1.807) is 6.07 Å². The lowest BCUT2D eigenvalue weighted by Gasteiger charge is -2.08. The molecule has 1 aliphatic carbocycles. The van der Waals surface area contributed by atoms with Crippen molar-refractivity contribution in [2.75, 3.05) is 6.61 Å². The molecule has 0 spiro atoms. The summed E-state index contributed by atoms with van der Waals surface area (Å²) in [6.07, 6.45) is 3.17. The van der Waals surface area contributed by atoms with E-state index in [1.165, 1.54) is 10.7 Å². The van der Waals surface area contributed by atoms with Crippen molar-refractivity contribution in [3.05, 3.63) is 46.8 Å². The van der Waals surface area contributed by atoms with Crippen molar-refractivity contribution in [3.63, 3.8) is 0 Å². The Morgan fingerprint density at radius 3 is 2.68 bits per heavy atom. The van der Waals surface area contributed by atoms with E-state index in [-0.39, 0.29) is 11.5 Å². The lowest BCUT2D eigenvalue weighted by Crippen LogP contribution is -2.27. The van der Waals surface area contributed by atoms with Gasteiger partial charge >= 0.3 is 0 Å². The molecule has 1 heterocycles. The molecule has 6 heteroatoms. The van der Waals surface area contributed by atoms with Gasteiger partial charge in [0.1, 0.15) is 5.75 Å². The number of aromatic nitrogens is 2. The van der Waals surface area contributed by atoms with Crippen molar-refractivity contribution < 1.29 is 9.53 Å². The van der Waals surface area contributed by atoms with E-state index in [0.29, 0.717) is 32.0 Å². The lowest BCUT2D eigenvalue weighted by atomic mass is 10.1. The van der Waals surface area contributed by atoms with Gasteiger partial charge < -0.3 is 10.1 Å². The van der Waals surface area contributed by atoms with E-state index in [0.717, 1.165) is 29.8 Å². The highest BCUT2D eigenvalue weighted by Crippen LogP contribution is 2.20. The van der Waals surface area contributed by atoms with Crippen LogP contribution in [-0.2, 0) is 11.3 Å². The van der Waals surface area contributed by atoms with E-state index in [1.807, 2.05) is 31.2 Å². The Hall–Kier alpha value is -2.63. The summed E-state index contributed by atoms with van der Waals surface area (Å²) in [5, 5.41) is 7.37. The summed E-state index contributed by atoms with van der Waals surface area (Å²) < 4.78 is 6.86. The fourth-order valence-corrected chi connectivity index (χ4v) is 2.57. The second-order valence-electron chi connectivity index (χ2n) is 6.18. The van der Waals surface area contributed by atoms with Gasteiger partial charge in [0.25, 0.3) is 5.56 Å². The van der Waals surface area contributed by atoms with Gasteiger partial charge in [-0.1, -0.05) is 0 Å². The van der Waals surface area contributed by atoms with Crippen molar-refractivity contribution in [2.24, 2.45) is 0 Å². The third-order valence-corrected chi connectivity index (χ3v) is 4.04. The zero-order valence-electron chi connectivity index (χ0n) is 14.4. The number of hydrogen-bond acceptors (Lipinski definition) is 4. The number of nitrogens with one attached hydrogen (secondary N) is 1. The molecular formula is C19H23N3O3. The average molecular weight is 341 g/mol. The molecule has 1 N–H and O–H groups in total. The third-order valence-electron chi connectivity index (χ3n) is 4.04. The topological polar surface area (TPSA) is 73.2 Å². The Balaban J connectivity index is 1.63. The first-order valence-electron chi connectivity index (χ1n) is 8.76. The summed E-state index contributed by atoms with van der Waals surface area (Å²) in [5.41, 5.74) is 1.49. The van der Waals surface area contributed by atoms with Gasteiger partial charge in [-0.25, -0.2) is 4.68 Å². The summed E-state index contributed by atoms with van der Waals surface area (Å²) in [7, 11) is 0. The van der Waals surface area contributed by atoms with E-state index in [4.69, 9.17) is 4.74 Å². The average Bonchev–Trinajstić information content (AvgIpc) is 3.41. The summed E-state index contributed by atoms with van der Waals surface area (Å²) in [5.74, 6) is 0.861. The Labute approximate surface area is 146 Å². The zero-order valence-corrected chi connectivity index (χ0v) is 14.4. The third kappa shape index (κ3) is 4.92. The maximum atomic E-state index is 12.0. The number of carbonyl (C=O) groups excluding carboxylic acids is 1. The minimum atomic E-state index is -0.155. The van der Waals surface area contributed by atoms with Crippen molar-refractivity contribution in [2.45, 2.75) is 45.2 Å². The molecule has 6 nitrogen and oxygen atoms in total. The molecule has 25 heavy (non-hydrogen) atoms. The Bertz CT molecular complexity index is 779. The standard InChI is InChI=1S/C19H23N3O3/c1-2-25-16-9-5-14(6-10-16)17-11-12-19(24)22(21-17)13-3-4-18(23)20-15-7-8-15/h5-6,9-12,15H,2-4,7-8,13H2,1H3,(H,20,23). The number of rotatable bonds is 8. The molecule has 1 fully saturated rings. The van der Waals surface area contributed by atoms with Crippen LogP contribution < -0.4 is 15.6 Å². The van der Waals surface area contributed by atoms with Gasteiger partial charge in [-0.15, -0.1) is 0 Å². The highest BCUT2D eigenvalue weighted by Gasteiger charge is 2.22. The van der Waals surface area contributed by atoms with Crippen LogP contribution in [0.2, 0.25) is 0 Å². The molecule has 1 saturated carbocycles. The van der Waals surface area contributed by atoms with Crippen LogP contribution in [0.25, 0.3) is 11.3 Å². The monoisotopic (exact) mass is 341 g/mol. The molecule has 1 aliphatic rings. The SMILES string of the molecule is CCOc1ccc(-c2ccc(=O)n(CCCC(=O)NC3CC3)n2)cc1. The maximum absolute atomic E-state index is 12.0. The molecule has 0 atom stereocenters. The molecule has 3 rings (SSSR count). The molecule has 0 bridgehead atoms. The van der Waals surface area contributed by atoms with Gasteiger partial charge in [-0.3, -0.25) is 9.59 Å². The summed E-state index contributed by atoms with van der Waals surface area (Å²) in [6.45, 7) is 2.99. The minimum Gasteiger partial charge on any atom is -0.494 e. The Morgan fingerprint density at radius 2 is 2.00 bits per heavy atom. The van der Waals surface area contributed by atoms with Crippen LogP contribution >= 0.6 is 0 Å². The van der Waals surface area contributed by atoms with E-state index >= 15 is 0 Å². The van der Waals surface area contributed by atoms with Crippen LogP contribution in [0.5, 0.6) is 5.75 Å². The lowest BCUT2D eigenvalue weighted by molar-refractivity contribution is -0.121. The molecule has 1 aromatic heterocycles.